The van der Waals surface area contributed by atoms with Gasteiger partial charge in [0.05, 0.1) is 0 Å². The summed E-state index contributed by atoms with van der Waals surface area (Å²) in [6, 6.07) is 14.8. The van der Waals surface area contributed by atoms with Crippen molar-refractivity contribution in [2.75, 3.05) is 12.4 Å². The lowest BCUT2D eigenvalue weighted by Crippen LogP contribution is -2.11. The first-order chi connectivity index (χ1) is 9.19. The fourth-order valence-electron chi connectivity index (χ4n) is 1.70. The smallest absolute Gasteiger partial charge is 0.248 e. The van der Waals surface area contributed by atoms with E-state index in [1.807, 2.05) is 37.4 Å². The van der Waals surface area contributed by atoms with E-state index in [-0.39, 0.29) is 0 Å². The summed E-state index contributed by atoms with van der Waals surface area (Å²) in [4.78, 5) is 11.1. The van der Waals surface area contributed by atoms with Crippen LogP contribution in [0, 0.1) is 0 Å². The summed E-state index contributed by atoms with van der Waals surface area (Å²) in [6.45, 7) is 0.403. The molecule has 0 heterocycles. The zero-order chi connectivity index (χ0) is 13.7. The Balaban J connectivity index is 2.01. The van der Waals surface area contributed by atoms with Gasteiger partial charge in [-0.2, -0.15) is 0 Å². The molecule has 0 aliphatic rings. The van der Waals surface area contributed by atoms with Gasteiger partial charge in [-0.3, -0.25) is 4.79 Å². The standard InChI is InChI=1S/C15H16N2O2/c1-17-13-5-7-14(8-6-13)19-10-11-3-2-4-12(9-11)15(16)18/h2-9,17H,10H2,1H3,(H2,16,18). The van der Waals surface area contributed by atoms with Gasteiger partial charge in [0.15, 0.2) is 0 Å². The second kappa shape index (κ2) is 5.91. The van der Waals surface area contributed by atoms with Gasteiger partial charge in [-0.1, -0.05) is 12.1 Å². The van der Waals surface area contributed by atoms with Crippen LogP contribution in [-0.2, 0) is 6.61 Å². The van der Waals surface area contributed by atoms with Crippen molar-refractivity contribution in [2.45, 2.75) is 6.61 Å². The van der Waals surface area contributed by atoms with Crippen LogP contribution in [0.5, 0.6) is 5.75 Å². The number of carbonyl (C=O) groups excluding carboxylic acids is 1. The Morgan fingerprint density at radius 2 is 1.95 bits per heavy atom. The van der Waals surface area contributed by atoms with Crippen LogP contribution in [0.1, 0.15) is 15.9 Å². The van der Waals surface area contributed by atoms with Crippen LogP contribution in [-0.4, -0.2) is 13.0 Å². The second-order valence-corrected chi connectivity index (χ2v) is 4.13. The summed E-state index contributed by atoms with van der Waals surface area (Å²) in [7, 11) is 1.87. The van der Waals surface area contributed by atoms with Crippen molar-refractivity contribution in [3.8, 4) is 5.75 Å². The molecule has 4 nitrogen and oxygen atoms in total. The zero-order valence-electron chi connectivity index (χ0n) is 10.7. The van der Waals surface area contributed by atoms with E-state index in [1.54, 1.807) is 18.2 Å². The molecule has 1 amide bonds. The highest BCUT2D eigenvalue weighted by molar-refractivity contribution is 5.92. The van der Waals surface area contributed by atoms with Gasteiger partial charge < -0.3 is 15.8 Å². The SMILES string of the molecule is CNc1ccc(OCc2cccc(C(N)=O)c2)cc1. The number of rotatable bonds is 5. The maximum Gasteiger partial charge on any atom is 0.248 e. The van der Waals surface area contributed by atoms with Crippen LogP contribution < -0.4 is 15.8 Å². The van der Waals surface area contributed by atoms with Gasteiger partial charge in [0.25, 0.3) is 0 Å². The predicted octanol–water partition coefficient (Wildman–Crippen LogP) is 2.41. The Bertz CT molecular complexity index is 565. The molecule has 3 N–H and O–H groups in total. The predicted molar refractivity (Wildman–Crippen MR) is 75.3 cm³/mol. The molecule has 0 spiro atoms. The molecule has 19 heavy (non-hydrogen) atoms. The molecule has 2 aromatic rings. The Hall–Kier alpha value is -2.49. The molecular weight excluding hydrogens is 240 g/mol. The van der Waals surface area contributed by atoms with E-state index in [9.17, 15) is 4.79 Å². The number of benzene rings is 2. The molecule has 0 atom stereocenters. The van der Waals surface area contributed by atoms with Gasteiger partial charge in [-0.05, 0) is 42.0 Å². The Morgan fingerprint density at radius 1 is 1.21 bits per heavy atom. The summed E-state index contributed by atoms with van der Waals surface area (Å²) in [5.41, 5.74) is 7.67. The summed E-state index contributed by atoms with van der Waals surface area (Å²) in [5, 5.41) is 3.04. The molecule has 0 unspecified atom stereocenters. The highest BCUT2D eigenvalue weighted by Crippen LogP contribution is 2.16. The Morgan fingerprint density at radius 3 is 2.58 bits per heavy atom. The average Bonchev–Trinajstić information content (AvgIpc) is 2.46. The molecule has 0 radical (unpaired) electrons. The molecule has 0 fully saturated rings. The van der Waals surface area contributed by atoms with Crippen LogP contribution in [0.2, 0.25) is 0 Å². The van der Waals surface area contributed by atoms with Crippen LogP contribution in [0.3, 0.4) is 0 Å². The lowest BCUT2D eigenvalue weighted by Gasteiger charge is -2.08. The first kappa shape index (κ1) is 13.0. The number of anilines is 1. The van der Waals surface area contributed by atoms with Gasteiger partial charge >= 0.3 is 0 Å². The minimum atomic E-state index is -0.430. The van der Waals surface area contributed by atoms with Crippen molar-refractivity contribution in [3.63, 3.8) is 0 Å². The minimum Gasteiger partial charge on any atom is -0.489 e. The number of ether oxygens (including phenoxy) is 1. The summed E-state index contributed by atoms with van der Waals surface area (Å²) >= 11 is 0. The largest absolute Gasteiger partial charge is 0.489 e. The fourth-order valence-corrected chi connectivity index (χ4v) is 1.70. The number of carbonyl (C=O) groups is 1. The van der Waals surface area contributed by atoms with Crippen molar-refractivity contribution in [3.05, 3.63) is 59.7 Å². The highest BCUT2D eigenvalue weighted by atomic mass is 16.5. The lowest BCUT2D eigenvalue weighted by atomic mass is 10.1. The summed E-state index contributed by atoms with van der Waals surface area (Å²) < 4.78 is 5.65. The third-order valence-corrected chi connectivity index (χ3v) is 2.76. The van der Waals surface area contributed by atoms with E-state index < -0.39 is 5.91 Å². The third kappa shape index (κ3) is 3.48. The molecule has 0 aliphatic carbocycles. The topological polar surface area (TPSA) is 64.3 Å². The molecule has 98 valence electrons. The number of primary amides is 1. The fraction of sp³-hybridized carbons (Fsp3) is 0.133. The van der Waals surface area contributed by atoms with Gasteiger partial charge in [-0.15, -0.1) is 0 Å². The quantitative estimate of drug-likeness (QED) is 0.863. The number of hydrogen-bond acceptors (Lipinski definition) is 3. The summed E-state index contributed by atoms with van der Waals surface area (Å²) in [5.74, 6) is 0.351. The van der Waals surface area contributed by atoms with Crippen molar-refractivity contribution in [1.29, 1.82) is 0 Å². The molecule has 0 saturated heterocycles. The van der Waals surface area contributed by atoms with E-state index in [2.05, 4.69) is 5.32 Å². The van der Waals surface area contributed by atoms with Gasteiger partial charge in [0.2, 0.25) is 5.91 Å². The van der Waals surface area contributed by atoms with Gasteiger partial charge in [0.1, 0.15) is 12.4 Å². The first-order valence-corrected chi connectivity index (χ1v) is 5.98. The normalized spacial score (nSPS) is 9.95. The van der Waals surface area contributed by atoms with Gasteiger partial charge in [0, 0.05) is 18.3 Å². The van der Waals surface area contributed by atoms with E-state index in [0.29, 0.717) is 12.2 Å². The molecule has 0 bridgehead atoms. The van der Waals surface area contributed by atoms with Crippen molar-refractivity contribution in [1.82, 2.24) is 0 Å². The van der Waals surface area contributed by atoms with E-state index in [0.717, 1.165) is 17.0 Å². The number of hydrogen-bond donors (Lipinski definition) is 2. The highest BCUT2D eigenvalue weighted by Gasteiger charge is 2.02. The van der Waals surface area contributed by atoms with E-state index >= 15 is 0 Å². The Kier molecular flexibility index (Phi) is 4.03. The number of amides is 1. The molecule has 0 aromatic heterocycles. The van der Waals surface area contributed by atoms with Crippen LogP contribution >= 0.6 is 0 Å². The van der Waals surface area contributed by atoms with Crippen LogP contribution in [0.4, 0.5) is 5.69 Å². The maximum absolute atomic E-state index is 11.1. The second-order valence-electron chi connectivity index (χ2n) is 4.13. The molecule has 2 rings (SSSR count). The van der Waals surface area contributed by atoms with Crippen molar-refractivity contribution >= 4 is 11.6 Å². The summed E-state index contributed by atoms with van der Waals surface area (Å²) in [6.07, 6.45) is 0. The first-order valence-electron chi connectivity index (χ1n) is 5.98. The molecule has 0 saturated carbocycles. The number of nitrogens with two attached hydrogens (primary N) is 1. The van der Waals surface area contributed by atoms with Crippen molar-refractivity contribution < 1.29 is 9.53 Å². The van der Waals surface area contributed by atoms with E-state index in [1.165, 1.54) is 0 Å². The lowest BCUT2D eigenvalue weighted by molar-refractivity contribution is 0.1000. The van der Waals surface area contributed by atoms with Crippen LogP contribution in [0.25, 0.3) is 0 Å². The third-order valence-electron chi connectivity index (χ3n) is 2.76. The molecule has 4 heteroatoms. The molecular formula is C15H16N2O2. The van der Waals surface area contributed by atoms with Gasteiger partial charge in [-0.25, -0.2) is 0 Å². The van der Waals surface area contributed by atoms with Crippen molar-refractivity contribution in [2.24, 2.45) is 5.73 Å². The maximum atomic E-state index is 11.1. The monoisotopic (exact) mass is 256 g/mol. The average molecular weight is 256 g/mol. The zero-order valence-corrected chi connectivity index (χ0v) is 10.7. The minimum absolute atomic E-state index is 0.403. The van der Waals surface area contributed by atoms with E-state index in [4.69, 9.17) is 10.5 Å². The molecule has 0 aliphatic heterocycles. The Labute approximate surface area is 112 Å². The van der Waals surface area contributed by atoms with Crippen LogP contribution in [0.15, 0.2) is 48.5 Å². The number of nitrogens with one attached hydrogen (secondary N) is 1. The molecule has 2 aromatic carbocycles.